The van der Waals surface area contributed by atoms with Crippen LogP contribution in [0.15, 0.2) is 42.2 Å². The van der Waals surface area contributed by atoms with Crippen molar-refractivity contribution in [1.29, 1.82) is 0 Å². The van der Waals surface area contributed by atoms with E-state index in [9.17, 15) is 39.6 Å². The molecule has 0 saturated carbocycles. The lowest BCUT2D eigenvalue weighted by Gasteiger charge is -2.38. The van der Waals surface area contributed by atoms with Crippen LogP contribution in [-0.4, -0.2) is 118 Å². The fraction of sp³-hybridized carbons (Fsp3) is 0.574. The number of hydrogen-bond donors (Lipinski definition) is 5. The van der Waals surface area contributed by atoms with Crippen LogP contribution >= 0.6 is 0 Å². The van der Waals surface area contributed by atoms with E-state index in [1.807, 2.05) is 25.8 Å². The topological polar surface area (TPSA) is 214 Å². The summed E-state index contributed by atoms with van der Waals surface area (Å²) in [5, 5.41) is 52.3. The van der Waals surface area contributed by atoms with Gasteiger partial charge in [-0.3, -0.25) is 24.2 Å². The van der Waals surface area contributed by atoms with Gasteiger partial charge in [0.25, 0.3) is 17.6 Å². The molecule has 5 rings (SSSR count). The van der Waals surface area contributed by atoms with E-state index in [0.717, 1.165) is 12.8 Å². The molecule has 0 spiro atoms. The van der Waals surface area contributed by atoms with Crippen molar-refractivity contribution in [3.05, 3.63) is 53.3 Å². The number of phenolic OH excluding ortho intramolecular Hbond substituents is 2. The number of ketones is 1. The number of carbonyl (C=O) groups is 4. The zero-order valence-corrected chi connectivity index (χ0v) is 38.7. The van der Waals surface area contributed by atoms with Gasteiger partial charge in [-0.15, -0.1) is 0 Å². The molecule has 5 bridgehead atoms. The summed E-state index contributed by atoms with van der Waals surface area (Å²) < 4.78 is 30.0. The van der Waals surface area contributed by atoms with Gasteiger partial charge >= 0.3 is 11.8 Å². The first-order chi connectivity index (χ1) is 29.7. The summed E-state index contributed by atoms with van der Waals surface area (Å²) >= 11 is 0. The van der Waals surface area contributed by atoms with Crippen molar-refractivity contribution in [3.8, 4) is 23.0 Å². The number of aliphatic hydroxyl groups is 2. The molecule has 5 N–H and O–H groups in total. The summed E-state index contributed by atoms with van der Waals surface area (Å²) in [6, 6.07) is 1.28. The Kier molecular flexibility index (Phi) is 17.2. The SMILES string of the molecule is CCCN(CCC)N(CC)C(=O)COc1cc2c(O)c3c(O)c(C)c4c(c13)C(=O)[C@@](C)(O/C=C/[C@H](OC)[C@H](C)[C@@H](OC(C)=O)[C@@H](C)[C@H](O)[C@H](C)[C@@H](O)[C@@H](C)/C=C/C=C(/C)C(=O)N2)O4. The number of phenols is 2. The predicted octanol–water partition coefficient (Wildman–Crippen LogP) is 6.31. The predicted molar refractivity (Wildman–Crippen MR) is 237 cm³/mol. The molecule has 348 valence electrons. The average molecular weight is 882 g/mol. The first-order valence-corrected chi connectivity index (χ1v) is 21.7. The van der Waals surface area contributed by atoms with Crippen LogP contribution in [0.4, 0.5) is 5.69 Å². The van der Waals surface area contributed by atoms with E-state index in [2.05, 4.69) is 5.32 Å². The summed E-state index contributed by atoms with van der Waals surface area (Å²) in [5.74, 6) is -8.08. The quantitative estimate of drug-likeness (QED) is 0.0951. The Balaban J connectivity index is 1.94. The number of fused-ring (bicyclic) bond motifs is 14. The summed E-state index contributed by atoms with van der Waals surface area (Å²) in [6.45, 7) is 19.6. The van der Waals surface area contributed by atoms with Crippen molar-refractivity contribution in [2.45, 2.75) is 119 Å². The minimum atomic E-state index is -2.04. The molecular formula is C47H67N3O13. The first-order valence-electron chi connectivity index (χ1n) is 21.7. The molecule has 0 aromatic heterocycles. The maximum Gasteiger partial charge on any atom is 0.312 e. The molecule has 16 heteroatoms. The van der Waals surface area contributed by atoms with Crippen LogP contribution < -0.4 is 14.8 Å². The third kappa shape index (κ3) is 10.8. The molecular weight excluding hydrogens is 815 g/mol. The van der Waals surface area contributed by atoms with Gasteiger partial charge in [0, 0.05) is 86.9 Å². The lowest BCUT2D eigenvalue weighted by Crippen LogP contribution is -2.48. The van der Waals surface area contributed by atoms with Crippen LogP contribution in [0.5, 0.6) is 23.0 Å². The largest absolute Gasteiger partial charge is 0.507 e. The zero-order valence-electron chi connectivity index (χ0n) is 38.7. The molecule has 0 fully saturated rings. The molecule has 3 heterocycles. The van der Waals surface area contributed by atoms with E-state index in [4.69, 9.17) is 23.7 Å². The number of benzene rings is 2. The number of allylic oxidation sites excluding steroid dienone is 2. The highest BCUT2D eigenvalue weighted by Gasteiger charge is 2.50. The second kappa shape index (κ2) is 21.5. The third-order valence-electron chi connectivity index (χ3n) is 12.1. The number of Topliss-reactive ketones (excluding diaryl/α,β-unsaturated/α-hetero) is 1. The van der Waals surface area contributed by atoms with E-state index in [0.29, 0.717) is 19.6 Å². The number of aliphatic hydroxyl groups excluding tert-OH is 2. The minimum absolute atomic E-state index is 0.0588. The van der Waals surface area contributed by atoms with E-state index in [1.54, 1.807) is 44.9 Å². The smallest absolute Gasteiger partial charge is 0.312 e. The minimum Gasteiger partial charge on any atom is -0.507 e. The molecule has 3 aliphatic rings. The summed E-state index contributed by atoms with van der Waals surface area (Å²) in [7, 11) is 1.44. The van der Waals surface area contributed by atoms with Gasteiger partial charge in [-0.1, -0.05) is 59.8 Å². The number of methoxy groups -OCH3 is 1. The Labute approximate surface area is 370 Å². The molecule has 9 atom stereocenters. The number of hydrazine groups is 1. The summed E-state index contributed by atoms with van der Waals surface area (Å²) in [5.41, 5.74) is -0.0142. The number of aromatic hydroxyl groups is 2. The number of esters is 1. The molecule has 3 aliphatic heterocycles. The molecule has 63 heavy (non-hydrogen) atoms. The molecule has 2 aromatic rings. The Hall–Kier alpha value is -5.16. The second-order valence-electron chi connectivity index (χ2n) is 16.8. The normalized spacial score (nSPS) is 28.8. The molecule has 2 aromatic carbocycles. The molecule has 0 radical (unpaired) electrons. The zero-order chi connectivity index (χ0) is 47.1. The van der Waals surface area contributed by atoms with Gasteiger partial charge in [0.2, 0.25) is 0 Å². The van der Waals surface area contributed by atoms with Gasteiger partial charge in [0.05, 0.1) is 41.2 Å². The third-order valence-corrected chi connectivity index (χ3v) is 12.1. The highest BCUT2D eigenvalue weighted by atomic mass is 16.7. The van der Waals surface area contributed by atoms with Gasteiger partial charge in [-0.05, 0) is 39.7 Å². The number of nitrogens with zero attached hydrogens (tertiary/aromatic N) is 2. The van der Waals surface area contributed by atoms with E-state index >= 15 is 0 Å². The average Bonchev–Trinajstić information content (AvgIpc) is 3.51. The van der Waals surface area contributed by atoms with Crippen LogP contribution in [0.25, 0.3) is 10.8 Å². The van der Waals surface area contributed by atoms with Crippen LogP contribution in [0.2, 0.25) is 0 Å². The van der Waals surface area contributed by atoms with E-state index in [1.165, 1.54) is 59.3 Å². The molecule has 0 unspecified atom stereocenters. The van der Waals surface area contributed by atoms with Crippen LogP contribution in [-0.2, 0) is 28.6 Å². The van der Waals surface area contributed by atoms with E-state index < -0.39 is 89.6 Å². The Morgan fingerprint density at radius 3 is 2.16 bits per heavy atom. The first kappa shape index (κ1) is 50.5. The molecule has 16 nitrogen and oxygen atoms in total. The number of carbonyl (C=O) groups excluding carboxylic acids is 4. The van der Waals surface area contributed by atoms with Crippen LogP contribution in [0.1, 0.15) is 98.0 Å². The number of likely N-dealkylation sites (N-methyl/N-ethyl adjacent to an activating group) is 1. The maximum absolute atomic E-state index is 14.6. The summed E-state index contributed by atoms with van der Waals surface area (Å²) in [6.07, 6.45) is 5.20. The number of anilines is 1. The van der Waals surface area contributed by atoms with Crippen molar-refractivity contribution in [1.82, 2.24) is 10.0 Å². The molecule has 2 amide bonds. The van der Waals surface area contributed by atoms with Crippen molar-refractivity contribution in [2.24, 2.45) is 23.7 Å². The van der Waals surface area contributed by atoms with Gasteiger partial charge in [0.15, 0.2) is 12.4 Å². The van der Waals surface area contributed by atoms with Crippen molar-refractivity contribution in [2.75, 3.05) is 38.7 Å². The number of hydrogen-bond acceptors (Lipinski definition) is 14. The number of ether oxygens (including phenoxy) is 5. The molecule has 0 aliphatic carbocycles. The second-order valence-corrected chi connectivity index (χ2v) is 16.8. The highest BCUT2D eigenvalue weighted by molar-refractivity contribution is 6.21. The van der Waals surface area contributed by atoms with Gasteiger partial charge in [0.1, 0.15) is 23.4 Å². The number of rotatable bonds is 11. The Morgan fingerprint density at radius 1 is 0.921 bits per heavy atom. The van der Waals surface area contributed by atoms with Crippen LogP contribution in [0, 0.1) is 30.6 Å². The fourth-order valence-corrected chi connectivity index (χ4v) is 8.37. The van der Waals surface area contributed by atoms with Crippen molar-refractivity contribution < 1.29 is 63.3 Å². The number of nitrogens with one attached hydrogen (secondary N) is 1. The highest BCUT2D eigenvalue weighted by Crippen LogP contribution is 2.54. The van der Waals surface area contributed by atoms with Gasteiger partial charge < -0.3 is 49.4 Å². The maximum atomic E-state index is 14.6. The monoisotopic (exact) mass is 881 g/mol. The lowest BCUT2D eigenvalue weighted by molar-refractivity contribution is -0.160. The fourth-order valence-electron chi connectivity index (χ4n) is 8.37. The van der Waals surface area contributed by atoms with E-state index in [-0.39, 0.29) is 50.6 Å². The van der Waals surface area contributed by atoms with Gasteiger partial charge in [-0.25, -0.2) is 5.01 Å². The van der Waals surface area contributed by atoms with Crippen molar-refractivity contribution in [3.63, 3.8) is 0 Å². The molecule has 0 saturated heterocycles. The Morgan fingerprint density at radius 2 is 1.57 bits per heavy atom. The Bertz CT molecular complexity index is 2090. The lowest BCUT2D eigenvalue weighted by atomic mass is 9.78. The van der Waals surface area contributed by atoms with Gasteiger partial charge in [-0.2, -0.15) is 0 Å². The van der Waals surface area contributed by atoms with Crippen molar-refractivity contribution >= 4 is 40.0 Å². The standard InChI is InChI=1S/C47H67N3O13/c1-13-20-49(21-14-2)50(15-3)35(52)24-60-34-23-32-42(56)37-36(34)38-44(30(9)41(37)55)63-47(11,45(38)57)61-22-19-33(59-12)27(6)43(62-31(10)51)29(8)40(54)28(7)39(53)25(4)17-16-18-26(5)46(58)48-32/h16-19,22-23,25,27-29,33,39-40,43,53-56H,13-15,20-21,24H2,1-12H3,(H,48,58)/b17-16+,22-19+,26-18-/t25-,27-,28+,29-,33-,39-,40+,43+,47-/m0/s1. The summed E-state index contributed by atoms with van der Waals surface area (Å²) in [4.78, 5) is 54.5. The van der Waals surface area contributed by atoms with Crippen LogP contribution in [0.3, 0.4) is 0 Å². The number of amides is 2.